The van der Waals surface area contributed by atoms with Gasteiger partial charge in [-0.3, -0.25) is 9.59 Å². The van der Waals surface area contributed by atoms with Crippen molar-refractivity contribution in [3.8, 4) is 16.3 Å². The first kappa shape index (κ1) is 25.7. The summed E-state index contributed by atoms with van der Waals surface area (Å²) in [4.78, 5) is 32.9. The molecule has 0 saturated carbocycles. The Hall–Kier alpha value is -3.99. The zero-order valence-electron chi connectivity index (χ0n) is 20.2. The Bertz CT molecular complexity index is 1430. The van der Waals surface area contributed by atoms with Crippen LogP contribution in [0, 0.1) is 0 Å². The van der Waals surface area contributed by atoms with E-state index in [0.29, 0.717) is 31.6 Å². The van der Waals surface area contributed by atoms with E-state index >= 15 is 0 Å². The Kier molecular flexibility index (Phi) is 7.28. The number of rotatable bonds is 7. The van der Waals surface area contributed by atoms with Crippen LogP contribution in [0.15, 0.2) is 66.9 Å². The highest BCUT2D eigenvalue weighted by atomic mass is 32.1. The van der Waals surface area contributed by atoms with Gasteiger partial charge in [0.15, 0.2) is 5.69 Å². The molecule has 0 fully saturated rings. The molecule has 2 aromatic heterocycles. The lowest BCUT2D eigenvalue weighted by atomic mass is 10.1. The smallest absolute Gasteiger partial charge is 0.352 e. The number of aromatic nitrogens is 3. The zero-order chi connectivity index (χ0) is 26.7. The van der Waals surface area contributed by atoms with E-state index in [4.69, 9.17) is 4.98 Å². The van der Waals surface area contributed by atoms with E-state index in [1.807, 2.05) is 30.3 Å². The van der Waals surface area contributed by atoms with Crippen LogP contribution in [0.1, 0.15) is 39.5 Å². The van der Waals surface area contributed by atoms with Crippen LogP contribution in [0.3, 0.4) is 0 Å². The van der Waals surface area contributed by atoms with Gasteiger partial charge < -0.3 is 10.2 Å². The number of benzene rings is 2. The summed E-state index contributed by atoms with van der Waals surface area (Å²) < 4.78 is 41.6. The van der Waals surface area contributed by atoms with Crippen LogP contribution in [-0.2, 0) is 23.9 Å². The minimum absolute atomic E-state index is 0.0626. The Morgan fingerprint density at radius 2 is 1.74 bits per heavy atom. The molecule has 0 unspecified atom stereocenters. The maximum atomic E-state index is 13.5. The highest BCUT2D eigenvalue weighted by Crippen LogP contribution is 2.32. The average molecular weight is 540 g/mol. The molecular weight excluding hydrogens is 515 g/mol. The summed E-state index contributed by atoms with van der Waals surface area (Å²) in [7, 11) is 0. The molecule has 0 atom stereocenters. The van der Waals surface area contributed by atoms with Gasteiger partial charge >= 0.3 is 6.18 Å². The number of amides is 2. The summed E-state index contributed by atoms with van der Waals surface area (Å²) in [6, 6.07) is 18.1. The molecular formula is C27H24F3N5O2S. The number of carbonyl (C=O) groups is 2. The van der Waals surface area contributed by atoms with Crippen LogP contribution in [0.2, 0.25) is 0 Å². The molecule has 0 bridgehead atoms. The molecule has 0 spiro atoms. The van der Waals surface area contributed by atoms with Crippen molar-refractivity contribution in [3.63, 3.8) is 0 Å². The third-order valence-electron chi connectivity index (χ3n) is 6.21. The Morgan fingerprint density at radius 3 is 2.45 bits per heavy atom. The van der Waals surface area contributed by atoms with Gasteiger partial charge in [0.1, 0.15) is 5.01 Å². The minimum Gasteiger partial charge on any atom is -0.352 e. The number of carbonyl (C=O) groups excluding carboxylic acids is 2. The third-order valence-corrected chi connectivity index (χ3v) is 7.34. The predicted octanol–water partition coefficient (Wildman–Crippen LogP) is 5.11. The molecule has 2 amide bonds. The Labute approximate surface area is 220 Å². The Morgan fingerprint density at radius 1 is 1.03 bits per heavy atom. The van der Waals surface area contributed by atoms with Gasteiger partial charge in [0.2, 0.25) is 5.91 Å². The van der Waals surface area contributed by atoms with E-state index in [1.54, 1.807) is 46.6 Å². The van der Waals surface area contributed by atoms with Crippen molar-refractivity contribution in [2.45, 2.75) is 32.0 Å². The van der Waals surface area contributed by atoms with Crippen LogP contribution in [-0.4, -0.2) is 44.6 Å². The summed E-state index contributed by atoms with van der Waals surface area (Å²) in [5, 5.41) is 7.03. The fourth-order valence-corrected chi connectivity index (χ4v) is 5.40. The summed E-state index contributed by atoms with van der Waals surface area (Å²) in [6.07, 6.45) is -2.56. The van der Waals surface area contributed by atoms with E-state index < -0.39 is 23.3 Å². The number of alkyl halides is 3. The zero-order valence-corrected chi connectivity index (χ0v) is 21.1. The predicted molar refractivity (Wildman–Crippen MR) is 137 cm³/mol. The van der Waals surface area contributed by atoms with Gasteiger partial charge in [-0.2, -0.15) is 18.3 Å². The van der Waals surface area contributed by atoms with Crippen molar-refractivity contribution < 1.29 is 22.8 Å². The molecule has 0 saturated heterocycles. The molecule has 0 aliphatic carbocycles. The minimum atomic E-state index is -4.78. The van der Waals surface area contributed by atoms with E-state index in [9.17, 15) is 22.8 Å². The SMILES string of the molecule is O=C(NCCCC(=O)N1CCc2nc(-c3ccccc3)sc2C1)c1cn(-c2ccccc2)nc1C(F)(F)F. The monoisotopic (exact) mass is 539 g/mol. The molecule has 1 aliphatic heterocycles. The first-order chi connectivity index (χ1) is 18.3. The Balaban J connectivity index is 1.15. The van der Waals surface area contributed by atoms with E-state index in [1.165, 1.54) is 0 Å². The van der Waals surface area contributed by atoms with E-state index in [-0.39, 0.29) is 18.9 Å². The highest BCUT2D eigenvalue weighted by molar-refractivity contribution is 7.15. The molecule has 2 aromatic carbocycles. The number of hydrogen-bond donors (Lipinski definition) is 1. The molecule has 7 nitrogen and oxygen atoms in total. The van der Waals surface area contributed by atoms with Crippen molar-refractivity contribution in [3.05, 3.63) is 88.7 Å². The number of halogens is 3. The number of para-hydroxylation sites is 1. The number of nitrogens with zero attached hydrogens (tertiary/aromatic N) is 4. The average Bonchev–Trinajstić information content (AvgIpc) is 3.57. The van der Waals surface area contributed by atoms with Gasteiger partial charge in [0.25, 0.3) is 5.91 Å². The van der Waals surface area contributed by atoms with Crippen molar-refractivity contribution in [1.82, 2.24) is 25.0 Å². The van der Waals surface area contributed by atoms with Gasteiger partial charge in [-0.25, -0.2) is 9.67 Å². The second-order valence-corrected chi connectivity index (χ2v) is 9.93. The van der Waals surface area contributed by atoms with Gasteiger partial charge in [0.05, 0.1) is 23.5 Å². The molecule has 4 aromatic rings. The highest BCUT2D eigenvalue weighted by Gasteiger charge is 2.39. The fraction of sp³-hybridized carbons (Fsp3) is 0.259. The second kappa shape index (κ2) is 10.8. The van der Waals surface area contributed by atoms with Crippen LogP contribution in [0.4, 0.5) is 13.2 Å². The molecule has 11 heteroatoms. The van der Waals surface area contributed by atoms with Crippen molar-refractivity contribution >= 4 is 23.2 Å². The maximum absolute atomic E-state index is 13.5. The quantitative estimate of drug-likeness (QED) is 0.331. The molecule has 1 aliphatic rings. The molecule has 1 N–H and O–H groups in total. The van der Waals surface area contributed by atoms with Crippen molar-refractivity contribution in [2.75, 3.05) is 13.1 Å². The van der Waals surface area contributed by atoms with Crippen LogP contribution in [0.25, 0.3) is 16.3 Å². The van der Waals surface area contributed by atoms with E-state index in [2.05, 4.69) is 10.4 Å². The third kappa shape index (κ3) is 5.62. The topological polar surface area (TPSA) is 80.1 Å². The van der Waals surface area contributed by atoms with Crippen LogP contribution < -0.4 is 5.32 Å². The van der Waals surface area contributed by atoms with Crippen molar-refractivity contribution in [2.24, 2.45) is 0 Å². The van der Waals surface area contributed by atoms with Gasteiger partial charge in [-0.1, -0.05) is 48.5 Å². The summed E-state index contributed by atoms with van der Waals surface area (Å²) in [5.74, 6) is -0.944. The number of hydrogen-bond acceptors (Lipinski definition) is 5. The summed E-state index contributed by atoms with van der Waals surface area (Å²) in [5.41, 5.74) is 0.656. The lowest BCUT2D eigenvalue weighted by Crippen LogP contribution is -2.36. The molecule has 5 rings (SSSR count). The van der Waals surface area contributed by atoms with Crippen molar-refractivity contribution in [1.29, 1.82) is 0 Å². The van der Waals surface area contributed by atoms with Crippen LogP contribution >= 0.6 is 11.3 Å². The van der Waals surface area contributed by atoms with E-state index in [0.717, 1.165) is 32.0 Å². The van der Waals surface area contributed by atoms with Crippen LogP contribution in [0.5, 0.6) is 0 Å². The number of thiazole rings is 1. The summed E-state index contributed by atoms with van der Waals surface area (Å²) >= 11 is 1.58. The standard InChI is InChI=1S/C27H24F3N5O2S/c28-27(29,30)24-20(16-35(33-24)19-10-5-2-6-11-19)25(37)31-14-7-12-23(36)34-15-13-21-22(17-34)38-26(32-21)18-8-3-1-4-9-18/h1-6,8-11,16H,7,12-15,17H2,(H,31,37). The summed E-state index contributed by atoms with van der Waals surface area (Å²) in [6.45, 7) is 1.11. The molecule has 0 radical (unpaired) electrons. The number of nitrogens with one attached hydrogen (secondary N) is 1. The maximum Gasteiger partial charge on any atom is 0.435 e. The first-order valence-electron chi connectivity index (χ1n) is 12.1. The normalized spacial score (nSPS) is 13.3. The fourth-order valence-electron chi connectivity index (χ4n) is 4.27. The number of fused-ring (bicyclic) bond motifs is 1. The molecule has 3 heterocycles. The van der Waals surface area contributed by atoms with Gasteiger partial charge in [0, 0.05) is 42.6 Å². The molecule has 196 valence electrons. The van der Waals surface area contributed by atoms with Gasteiger partial charge in [-0.05, 0) is 18.6 Å². The second-order valence-electron chi connectivity index (χ2n) is 8.85. The lowest BCUT2D eigenvalue weighted by molar-refractivity contribution is -0.141. The molecule has 38 heavy (non-hydrogen) atoms. The van der Waals surface area contributed by atoms with Gasteiger partial charge in [-0.15, -0.1) is 11.3 Å². The first-order valence-corrected chi connectivity index (χ1v) is 12.9. The largest absolute Gasteiger partial charge is 0.435 e. The lowest BCUT2D eigenvalue weighted by Gasteiger charge is -2.26.